The van der Waals surface area contributed by atoms with Crippen molar-refractivity contribution in [2.45, 2.75) is 19.6 Å². The van der Waals surface area contributed by atoms with E-state index in [2.05, 4.69) is 4.98 Å². The van der Waals surface area contributed by atoms with Gasteiger partial charge in [0.15, 0.2) is 0 Å². The number of hydrogen-bond donors (Lipinski definition) is 1. The summed E-state index contributed by atoms with van der Waals surface area (Å²) in [4.78, 5) is 16.6. The van der Waals surface area contributed by atoms with Crippen molar-refractivity contribution < 1.29 is 23.1 Å². The van der Waals surface area contributed by atoms with Crippen molar-refractivity contribution in [2.75, 3.05) is 0 Å². The van der Waals surface area contributed by atoms with Crippen LogP contribution in [0.3, 0.4) is 0 Å². The Morgan fingerprint density at radius 2 is 1.86 bits per heavy atom. The molecule has 0 aliphatic rings. The Morgan fingerprint density at radius 1 is 1.14 bits per heavy atom. The predicted molar refractivity (Wildman–Crippen MR) is 105 cm³/mol. The molecule has 29 heavy (non-hydrogen) atoms. The number of aryl methyl sites for hydroxylation is 1. The lowest BCUT2D eigenvalue weighted by Crippen LogP contribution is -2.03. The molecule has 2 aromatic carbocycles. The van der Waals surface area contributed by atoms with Crippen LogP contribution in [0.15, 0.2) is 54.7 Å². The van der Waals surface area contributed by atoms with Crippen LogP contribution < -0.4 is 0 Å². The minimum Gasteiger partial charge on any atom is -0.478 e. The third-order valence-electron chi connectivity index (χ3n) is 4.68. The Labute approximate surface area is 167 Å². The molecular formula is C21H15F3N2O2S. The number of thiazole rings is 1. The molecular weight excluding hydrogens is 401 g/mol. The van der Waals surface area contributed by atoms with Gasteiger partial charge in [0.05, 0.1) is 23.4 Å². The van der Waals surface area contributed by atoms with Gasteiger partial charge in [0.1, 0.15) is 5.01 Å². The number of carboxylic acid groups (broad SMARTS) is 1. The largest absolute Gasteiger partial charge is 0.478 e. The number of fused-ring (bicyclic) bond motifs is 1. The number of rotatable bonds is 4. The molecule has 148 valence electrons. The normalized spacial score (nSPS) is 11.9. The van der Waals surface area contributed by atoms with Gasteiger partial charge >= 0.3 is 12.1 Å². The summed E-state index contributed by atoms with van der Waals surface area (Å²) in [5, 5.41) is 10.6. The van der Waals surface area contributed by atoms with Crippen LogP contribution in [0.2, 0.25) is 0 Å². The van der Waals surface area contributed by atoms with Gasteiger partial charge in [0, 0.05) is 27.5 Å². The number of hydrogen-bond acceptors (Lipinski definition) is 3. The van der Waals surface area contributed by atoms with E-state index in [4.69, 9.17) is 5.11 Å². The number of aromatic nitrogens is 2. The van der Waals surface area contributed by atoms with Crippen LogP contribution in [-0.4, -0.2) is 20.6 Å². The lowest BCUT2D eigenvalue weighted by molar-refractivity contribution is -0.137. The highest BCUT2D eigenvalue weighted by Gasteiger charge is 2.30. The molecule has 0 saturated heterocycles. The highest BCUT2D eigenvalue weighted by molar-refractivity contribution is 7.15. The van der Waals surface area contributed by atoms with Gasteiger partial charge in [-0.15, -0.1) is 11.3 Å². The van der Waals surface area contributed by atoms with E-state index < -0.39 is 17.7 Å². The first-order chi connectivity index (χ1) is 13.7. The van der Waals surface area contributed by atoms with Crippen LogP contribution in [0.25, 0.3) is 21.5 Å². The fourth-order valence-corrected chi connectivity index (χ4v) is 4.19. The summed E-state index contributed by atoms with van der Waals surface area (Å²) in [6.45, 7) is 2.41. The Hall–Kier alpha value is -3.13. The summed E-state index contributed by atoms with van der Waals surface area (Å²) in [5.41, 5.74) is 1.90. The maximum Gasteiger partial charge on any atom is 0.416 e. The van der Waals surface area contributed by atoms with Crippen molar-refractivity contribution in [1.82, 2.24) is 9.55 Å². The van der Waals surface area contributed by atoms with Crippen molar-refractivity contribution in [1.29, 1.82) is 0 Å². The van der Waals surface area contributed by atoms with Gasteiger partial charge in [-0.2, -0.15) is 13.2 Å². The van der Waals surface area contributed by atoms with Gasteiger partial charge in [-0.1, -0.05) is 12.1 Å². The first-order valence-corrected chi connectivity index (χ1v) is 9.50. The number of benzene rings is 2. The van der Waals surface area contributed by atoms with E-state index >= 15 is 0 Å². The molecule has 0 aliphatic carbocycles. The van der Waals surface area contributed by atoms with Crippen LogP contribution in [-0.2, 0) is 12.7 Å². The second-order valence-corrected chi connectivity index (χ2v) is 7.71. The molecule has 0 saturated carbocycles. The average molecular weight is 416 g/mol. The minimum atomic E-state index is -4.36. The topological polar surface area (TPSA) is 55.1 Å². The number of carbonyl (C=O) groups is 1. The zero-order valence-corrected chi connectivity index (χ0v) is 16.0. The maximum atomic E-state index is 12.8. The van der Waals surface area contributed by atoms with Crippen molar-refractivity contribution in [2.24, 2.45) is 0 Å². The number of carboxylic acids is 1. The molecule has 0 amide bonds. The molecule has 4 aromatic rings. The van der Waals surface area contributed by atoms with E-state index in [0.717, 1.165) is 33.6 Å². The Morgan fingerprint density at radius 3 is 2.52 bits per heavy atom. The van der Waals surface area contributed by atoms with E-state index in [9.17, 15) is 18.0 Å². The number of alkyl halides is 3. The van der Waals surface area contributed by atoms with Crippen LogP contribution in [0.4, 0.5) is 13.2 Å². The van der Waals surface area contributed by atoms with Gasteiger partial charge < -0.3 is 9.67 Å². The molecule has 2 aromatic heterocycles. The maximum absolute atomic E-state index is 12.8. The van der Waals surface area contributed by atoms with E-state index in [1.165, 1.54) is 23.5 Å². The molecule has 0 unspecified atom stereocenters. The SMILES string of the molecule is Cc1nc(-c2ccc(C(F)(F)F)cc2)sc1Cn1ccc2cc(C(=O)O)ccc21. The predicted octanol–water partition coefficient (Wildman–Crippen LogP) is 5.84. The van der Waals surface area contributed by atoms with Gasteiger partial charge in [0.25, 0.3) is 0 Å². The summed E-state index contributed by atoms with van der Waals surface area (Å²) in [6.07, 6.45) is -2.48. The van der Waals surface area contributed by atoms with Gasteiger partial charge in [-0.05, 0) is 43.3 Å². The van der Waals surface area contributed by atoms with Crippen molar-refractivity contribution in [3.8, 4) is 10.6 Å². The summed E-state index contributed by atoms with van der Waals surface area (Å²) in [7, 11) is 0. The van der Waals surface area contributed by atoms with E-state index in [0.29, 0.717) is 17.1 Å². The quantitative estimate of drug-likeness (QED) is 0.455. The van der Waals surface area contributed by atoms with Crippen LogP contribution >= 0.6 is 11.3 Å². The third kappa shape index (κ3) is 3.75. The van der Waals surface area contributed by atoms with Gasteiger partial charge in [0.2, 0.25) is 0 Å². The molecule has 0 spiro atoms. The van der Waals surface area contributed by atoms with Crippen molar-refractivity contribution in [3.05, 3.63) is 76.4 Å². The molecule has 2 heterocycles. The van der Waals surface area contributed by atoms with E-state index in [1.807, 2.05) is 23.8 Å². The molecule has 8 heteroatoms. The Balaban J connectivity index is 1.62. The fraction of sp³-hybridized carbons (Fsp3) is 0.143. The lowest BCUT2D eigenvalue weighted by atomic mass is 10.1. The average Bonchev–Trinajstić information content (AvgIpc) is 3.25. The van der Waals surface area contributed by atoms with E-state index in [1.54, 1.807) is 18.2 Å². The third-order valence-corrected chi connectivity index (χ3v) is 5.87. The monoisotopic (exact) mass is 416 g/mol. The zero-order valence-electron chi connectivity index (χ0n) is 15.2. The molecule has 4 rings (SSSR count). The van der Waals surface area contributed by atoms with Gasteiger partial charge in [-0.3, -0.25) is 0 Å². The summed E-state index contributed by atoms with van der Waals surface area (Å²) < 4.78 is 40.2. The standard InChI is InChI=1S/C21H15F3N2O2S/c1-12-18(11-26-9-8-14-10-15(20(27)28)4-7-17(14)26)29-19(25-12)13-2-5-16(6-3-13)21(22,23)24/h2-10H,11H2,1H3,(H,27,28). The second-order valence-electron chi connectivity index (χ2n) is 6.63. The molecule has 0 aliphatic heterocycles. The molecule has 0 bridgehead atoms. The molecule has 1 N–H and O–H groups in total. The van der Waals surface area contributed by atoms with Crippen LogP contribution in [0, 0.1) is 6.92 Å². The number of nitrogens with zero attached hydrogens (tertiary/aromatic N) is 2. The fourth-order valence-electron chi connectivity index (χ4n) is 3.13. The summed E-state index contributed by atoms with van der Waals surface area (Å²) in [5.74, 6) is -0.973. The molecule has 0 radical (unpaired) electrons. The minimum absolute atomic E-state index is 0.230. The molecule has 0 fully saturated rings. The smallest absolute Gasteiger partial charge is 0.416 e. The zero-order chi connectivity index (χ0) is 20.8. The highest BCUT2D eigenvalue weighted by Crippen LogP contribution is 2.33. The number of aromatic carboxylic acids is 1. The first kappa shape index (κ1) is 19.2. The highest BCUT2D eigenvalue weighted by atomic mass is 32.1. The van der Waals surface area contributed by atoms with E-state index in [-0.39, 0.29) is 5.56 Å². The molecule has 4 nitrogen and oxygen atoms in total. The van der Waals surface area contributed by atoms with Gasteiger partial charge in [-0.25, -0.2) is 9.78 Å². The Kier molecular flexibility index (Phi) is 4.66. The van der Waals surface area contributed by atoms with Crippen LogP contribution in [0.1, 0.15) is 26.5 Å². The first-order valence-electron chi connectivity index (χ1n) is 8.68. The summed E-state index contributed by atoms with van der Waals surface area (Å²) in [6, 6.07) is 11.8. The van der Waals surface area contributed by atoms with Crippen molar-refractivity contribution in [3.63, 3.8) is 0 Å². The van der Waals surface area contributed by atoms with Crippen LogP contribution in [0.5, 0.6) is 0 Å². The second kappa shape index (κ2) is 7.04. The Bertz CT molecular complexity index is 1210. The lowest BCUT2D eigenvalue weighted by Gasteiger charge is -2.06. The number of halogens is 3. The summed E-state index contributed by atoms with van der Waals surface area (Å²) >= 11 is 1.43. The molecule has 0 atom stereocenters. The van der Waals surface area contributed by atoms with Crippen molar-refractivity contribution >= 4 is 28.2 Å².